The summed E-state index contributed by atoms with van der Waals surface area (Å²) in [4.78, 5) is 0. The fraction of sp³-hybridized carbons (Fsp3) is 0.0588. The largest absolute Gasteiger partial charge is 0.508 e. The zero-order valence-electron chi connectivity index (χ0n) is 10.4. The van der Waals surface area contributed by atoms with Crippen molar-refractivity contribution in [3.8, 4) is 11.5 Å². The van der Waals surface area contributed by atoms with Crippen molar-refractivity contribution in [3.63, 3.8) is 0 Å². The van der Waals surface area contributed by atoms with Gasteiger partial charge in [0.15, 0.2) is 0 Å². The number of phenols is 1. The molecule has 0 aliphatic rings. The minimum atomic E-state index is 0.271. The first kappa shape index (κ1) is 11.6. The topological polar surface area (TPSA) is 29.5 Å². The van der Waals surface area contributed by atoms with Crippen LogP contribution in [-0.2, 0) is 6.61 Å². The van der Waals surface area contributed by atoms with E-state index in [1.165, 1.54) is 0 Å². The SMILES string of the molecule is Oc1ccc2ccc(OCc3ccccc3)cc2c1. The Morgan fingerprint density at radius 3 is 2.42 bits per heavy atom. The predicted octanol–water partition coefficient (Wildman–Crippen LogP) is 4.12. The second kappa shape index (κ2) is 5.02. The number of aromatic hydroxyl groups is 1. The highest BCUT2D eigenvalue weighted by atomic mass is 16.5. The van der Waals surface area contributed by atoms with E-state index < -0.39 is 0 Å². The molecule has 0 saturated heterocycles. The molecule has 0 spiro atoms. The van der Waals surface area contributed by atoms with Crippen LogP contribution in [0.1, 0.15) is 5.56 Å². The lowest BCUT2D eigenvalue weighted by Gasteiger charge is -2.07. The third-order valence-electron chi connectivity index (χ3n) is 3.04. The van der Waals surface area contributed by atoms with E-state index in [1.807, 2.05) is 54.6 Å². The highest BCUT2D eigenvalue weighted by Gasteiger charge is 1.99. The van der Waals surface area contributed by atoms with E-state index in [0.29, 0.717) is 6.61 Å². The Morgan fingerprint density at radius 1 is 0.789 bits per heavy atom. The van der Waals surface area contributed by atoms with Crippen LogP contribution in [0.25, 0.3) is 10.8 Å². The van der Waals surface area contributed by atoms with E-state index in [2.05, 4.69) is 0 Å². The van der Waals surface area contributed by atoms with Gasteiger partial charge in [0.05, 0.1) is 0 Å². The number of hydrogen-bond donors (Lipinski definition) is 1. The molecule has 94 valence electrons. The lowest BCUT2D eigenvalue weighted by molar-refractivity contribution is 0.306. The summed E-state index contributed by atoms with van der Waals surface area (Å²) in [5.41, 5.74) is 1.14. The average molecular weight is 250 g/mol. The van der Waals surface area contributed by atoms with E-state index in [0.717, 1.165) is 22.1 Å². The minimum Gasteiger partial charge on any atom is -0.508 e. The van der Waals surface area contributed by atoms with E-state index in [1.54, 1.807) is 12.1 Å². The van der Waals surface area contributed by atoms with Crippen molar-refractivity contribution in [1.82, 2.24) is 0 Å². The summed E-state index contributed by atoms with van der Waals surface area (Å²) in [6.07, 6.45) is 0. The van der Waals surface area contributed by atoms with E-state index in [4.69, 9.17) is 4.74 Å². The van der Waals surface area contributed by atoms with Gasteiger partial charge in [0.25, 0.3) is 0 Å². The van der Waals surface area contributed by atoms with Crippen LogP contribution in [-0.4, -0.2) is 5.11 Å². The Kier molecular flexibility index (Phi) is 3.07. The first-order valence-electron chi connectivity index (χ1n) is 6.21. The molecule has 0 atom stereocenters. The van der Waals surface area contributed by atoms with Crippen LogP contribution in [0.15, 0.2) is 66.7 Å². The van der Waals surface area contributed by atoms with Crippen molar-refractivity contribution < 1.29 is 9.84 Å². The Labute approximate surface area is 111 Å². The van der Waals surface area contributed by atoms with Crippen LogP contribution >= 0.6 is 0 Å². The van der Waals surface area contributed by atoms with Crippen molar-refractivity contribution in [2.24, 2.45) is 0 Å². The van der Waals surface area contributed by atoms with Gasteiger partial charge in [0.1, 0.15) is 18.1 Å². The normalized spacial score (nSPS) is 10.5. The van der Waals surface area contributed by atoms with Crippen molar-refractivity contribution >= 4 is 10.8 Å². The van der Waals surface area contributed by atoms with Crippen LogP contribution in [0, 0.1) is 0 Å². The molecule has 0 amide bonds. The second-order valence-electron chi connectivity index (χ2n) is 4.47. The zero-order valence-corrected chi connectivity index (χ0v) is 10.4. The molecule has 0 unspecified atom stereocenters. The summed E-state index contributed by atoms with van der Waals surface area (Å²) in [7, 11) is 0. The molecule has 0 aliphatic heterocycles. The molecule has 19 heavy (non-hydrogen) atoms. The number of phenolic OH excluding ortho intramolecular Hbond substituents is 1. The lowest BCUT2D eigenvalue weighted by Crippen LogP contribution is -1.94. The van der Waals surface area contributed by atoms with Gasteiger partial charge < -0.3 is 9.84 Å². The molecule has 0 fully saturated rings. The van der Waals surface area contributed by atoms with Crippen LogP contribution in [0.4, 0.5) is 0 Å². The quantitative estimate of drug-likeness (QED) is 0.757. The third-order valence-corrected chi connectivity index (χ3v) is 3.04. The first-order valence-corrected chi connectivity index (χ1v) is 6.21. The van der Waals surface area contributed by atoms with E-state index in [-0.39, 0.29) is 5.75 Å². The Hall–Kier alpha value is -2.48. The smallest absolute Gasteiger partial charge is 0.120 e. The molecule has 0 saturated carbocycles. The van der Waals surface area contributed by atoms with Gasteiger partial charge in [-0.3, -0.25) is 0 Å². The molecule has 0 radical (unpaired) electrons. The summed E-state index contributed by atoms with van der Waals surface area (Å²) in [6, 6.07) is 21.3. The van der Waals surface area contributed by atoms with E-state index >= 15 is 0 Å². The number of hydrogen-bond acceptors (Lipinski definition) is 2. The Morgan fingerprint density at radius 2 is 1.58 bits per heavy atom. The van der Waals surface area contributed by atoms with E-state index in [9.17, 15) is 5.11 Å². The molecule has 2 nitrogen and oxygen atoms in total. The van der Waals surface area contributed by atoms with Crippen molar-refractivity contribution in [3.05, 3.63) is 72.3 Å². The van der Waals surface area contributed by atoms with Crippen molar-refractivity contribution in [2.45, 2.75) is 6.61 Å². The highest BCUT2D eigenvalue weighted by Crippen LogP contribution is 2.24. The molecular formula is C17H14O2. The minimum absolute atomic E-state index is 0.271. The van der Waals surface area contributed by atoms with Gasteiger partial charge in [-0.05, 0) is 40.6 Å². The van der Waals surface area contributed by atoms with Crippen LogP contribution in [0.2, 0.25) is 0 Å². The second-order valence-corrected chi connectivity index (χ2v) is 4.47. The molecule has 0 aromatic heterocycles. The highest BCUT2D eigenvalue weighted by molar-refractivity contribution is 5.85. The fourth-order valence-corrected chi connectivity index (χ4v) is 2.04. The first-order chi connectivity index (χ1) is 9.31. The Balaban J connectivity index is 1.81. The summed E-state index contributed by atoms with van der Waals surface area (Å²) in [5, 5.41) is 11.6. The molecule has 0 bridgehead atoms. The summed E-state index contributed by atoms with van der Waals surface area (Å²) in [6.45, 7) is 0.547. The molecule has 3 aromatic rings. The van der Waals surface area contributed by atoms with Crippen LogP contribution < -0.4 is 4.74 Å². The predicted molar refractivity (Wildman–Crippen MR) is 76.4 cm³/mol. The summed E-state index contributed by atoms with van der Waals surface area (Å²) in [5.74, 6) is 1.08. The molecule has 3 aromatic carbocycles. The summed E-state index contributed by atoms with van der Waals surface area (Å²) >= 11 is 0. The monoisotopic (exact) mass is 250 g/mol. The Bertz CT molecular complexity index is 690. The number of benzene rings is 3. The van der Waals surface area contributed by atoms with Gasteiger partial charge in [-0.25, -0.2) is 0 Å². The summed E-state index contributed by atoms with van der Waals surface area (Å²) < 4.78 is 5.76. The molecule has 0 heterocycles. The maximum absolute atomic E-state index is 9.49. The molecule has 2 heteroatoms. The average Bonchev–Trinajstić information content (AvgIpc) is 2.46. The molecular weight excluding hydrogens is 236 g/mol. The standard InChI is InChI=1S/C17H14O2/c18-16-8-6-14-7-9-17(11-15(14)10-16)19-12-13-4-2-1-3-5-13/h1-11,18H,12H2. The van der Waals surface area contributed by atoms with Crippen molar-refractivity contribution in [2.75, 3.05) is 0 Å². The molecule has 0 aliphatic carbocycles. The number of rotatable bonds is 3. The van der Waals surface area contributed by atoms with Gasteiger partial charge >= 0.3 is 0 Å². The van der Waals surface area contributed by atoms with Gasteiger partial charge in [0.2, 0.25) is 0 Å². The lowest BCUT2D eigenvalue weighted by atomic mass is 10.1. The fourth-order valence-electron chi connectivity index (χ4n) is 2.04. The third kappa shape index (κ3) is 2.68. The number of fused-ring (bicyclic) bond motifs is 1. The molecule has 3 rings (SSSR count). The van der Waals surface area contributed by atoms with Crippen LogP contribution in [0.3, 0.4) is 0 Å². The van der Waals surface area contributed by atoms with Crippen molar-refractivity contribution in [1.29, 1.82) is 0 Å². The van der Waals surface area contributed by atoms with Gasteiger partial charge in [-0.2, -0.15) is 0 Å². The van der Waals surface area contributed by atoms with Gasteiger partial charge in [-0.1, -0.05) is 42.5 Å². The van der Waals surface area contributed by atoms with Gasteiger partial charge in [-0.15, -0.1) is 0 Å². The van der Waals surface area contributed by atoms with Gasteiger partial charge in [0, 0.05) is 0 Å². The number of ether oxygens (including phenoxy) is 1. The maximum Gasteiger partial charge on any atom is 0.120 e. The zero-order chi connectivity index (χ0) is 13.1. The van der Waals surface area contributed by atoms with Crippen LogP contribution in [0.5, 0.6) is 11.5 Å². The molecule has 1 N–H and O–H groups in total. The maximum atomic E-state index is 9.49.